The maximum Gasteiger partial charge on any atom is 0.272 e. The van der Waals surface area contributed by atoms with Gasteiger partial charge >= 0.3 is 0 Å². The first-order valence-electron chi connectivity index (χ1n) is 6.96. The van der Waals surface area contributed by atoms with E-state index in [2.05, 4.69) is 0 Å². The Kier molecular flexibility index (Phi) is 5.69. The Labute approximate surface area is 125 Å². The number of aryl methyl sites for hydroxylation is 1. The van der Waals surface area contributed by atoms with Crippen LogP contribution < -0.4 is 10.5 Å². The lowest BCUT2D eigenvalue weighted by atomic mass is 9.86. The molecule has 0 aliphatic heterocycles. The third kappa shape index (κ3) is 5.06. The number of hydrogen-bond acceptors (Lipinski definition) is 4. The molecule has 0 saturated heterocycles. The lowest BCUT2D eigenvalue weighted by molar-refractivity contribution is -0.385. The van der Waals surface area contributed by atoms with Gasteiger partial charge in [-0.3, -0.25) is 15.5 Å². The molecule has 0 aliphatic rings. The van der Waals surface area contributed by atoms with Crippen molar-refractivity contribution in [1.29, 1.82) is 5.41 Å². The molecule has 0 spiro atoms. The van der Waals surface area contributed by atoms with Crippen molar-refractivity contribution in [3.63, 3.8) is 0 Å². The number of amidine groups is 1. The van der Waals surface area contributed by atoms with E-state index in [4.69, 9.17) is 15.9 Å². The summed E-state index contributed by atoms with van der Waals surface area (Å²) in [5.74, 6) is 0.846. The fraction of sp³-hybridized carbons (Fsp3) is 0.533. The molecule has 0 aromatic heterocycles. The Morgan fingerprint density at radius 3 is 2.62 bits per heavy atom. The van der Waals surface area contributed by atoms with E-state index in [-0.39, 0.29) is 16.9 Å². The number of benzene rings is 1. The molecule has 6 heteroatoms. The second-order valence-corrected chi connectivity index (χ2v) is 5.81. The number of nitro groups is 1. The van der Waals surface area contributed by atoms with Crippen LogP contribution in [0.3, 0.4) is 0 Å². The summed E-state index contributed by atoms with van der Waals surface area (Å²) in [6.07, 6.45) is 2.61. The smallest absolute Gasteiger partial charge is 0.272 e. The zero-order chi connectivity index (χ0) is 16.0. The Balaban J connectivity index is 2.39. The highest BCUT2D eigenvalue weighted by atomic mass is 16.6. The minimum absolute atomic E-state index is 0.102. The van der Waals surface area contributed by atoms with Crippen LogP contribution in [0.4, 0.5) is 5.69 Å². The number of rotatable bonds is 8. The van der Waals surface area contributed by atoms with Crippen LogP contribution >= 0.6 is 0 Å². The predicted octanol–water partition coefficient (Wildman–Crippen LogP) is 3.41. The van der Waals surface area contributed by atoms with Gasteiger partial charge in [0.25, 0.3) is 5.69 Å². The van der Waals surface area contributed by atoms with Crippen LogP contribution in [0.25, 0.3) is 0 Å². The van der Waals surface area contributed by atoms with Gasteiger partial charge in [-0.25, -0.2) is 0 Å². The first kappa shape index (κ1) is 16.9. The lowest BCUT2D eigenvalue weighted by Gasteiger charge is -2.22. The largest absolute Gasteiger partial charge is 0.494 e. The summed E-state index contributed by atoms with van der Waals surface area (Å²) in [4.78, 5) is 10.3. The molecule has 1 rings (SSSR count). The van der Waals surface area contributed by atoms with Crippen LogP contribution in [0.5, 0.6) is 5.75 Å². The lowest BCUT2D eigenvalue weighted by Crippen LogP contribution is -2.30. The normalized spacial score (nSPS) is 11.2. The van der Waals surface area contributed by atoms with E-state index in [0.717, 1.165) is 19.3 Å². The molecule has 0 heterocycles. The molecule has 0 saturated carbocycles. The summed E-state index contributed by atoms with van der Waals surface area (Å²) in [5, 5.41) is 18.2. The van der Waals surface area contributed by atoms with Gasteiger partial charge in [0, 0.05) is 17.0 Å². The quantitative estimate of drug-likeness (QED) is 0.252. The summed E-state index contributed by atoms with van der Waals surface area (Å²) in [6.45, 7) is 6.15. The van der Waals surface area contributed by atoms with Crippen LogP contribution in [0, 0.1) is 27.9 Å². The molecule has 1 aromatic carbocycles. The van der Waals surface area contributed by atoms with Crippen molar-refractivity contribution in [1.82, 2.24) is 0 Å². The number of nitrogens with one attached hydrogen (secondary N) is 1. The molecule has 0 fully saturated rings. The average molecular weight is 293 g/mol. The molecule has 21 heavy (non-hydrogen) atoms. The molecule has 3 N–H and O–H groups in total. The minimum atomic E-state index is -0.400. The third-order valence-corrected chi connectivity index (χ3v) is 3.56. The number of hydrogen-bond donors (Lipinski definition) is 2. The Morgan fingerprint density at radius 2 is 2.10 bits per heavy atom. The first-order chi connectivity index (χ1) is 9.74. The van der Waals surface area contributed by atoms with Crippen LogP contribution in [0.2, 0.25) is 0 Å². The molecule has 0 atom stereocenters. The fourth-order valence-corrected chi connectivity index (χ4v) is 1.92. The van der Waals surface area contributed by atoms with Gasteiger partial charge in [0.1, 0.15) is 5.75 Å². The SMILES string of the molecule is Cc1cc(OCCCCC(C)(C)C(=N)N)ccc1[N+](=O)[O-]. The van der Waals surface area contributed by atoms with Gasteiger partial charge in [-0.2, -0.15) is 0 Å². The molecule has 0 unspecified atom stereocenters. The van der Waals surface area contributed by atoms with Gasteiger partial charge in [-0.15, -0.1) is 0 Å². The van der Waals surface area contributed by atoms with Crippen LogP contribution in [-0.4, -0.2) is 17.4 Å². The monoisotopic (exact) mass is 293 g/mol. The maximum atomic E-state index is 10.7. The van der Waals surface area contributed by atoms with E-state index in [0.29, 0.717) is 17.9 Å². The van der Waals surface area contributed by atoms with Crippen LogP contribution in [-0.2, 0) is 0 Å². The van der Waals surface area contributed by atoms with Gasteiger partial charge < -0.3 is 10.5 Å². The van der Waals surface area contributed by atoms with Crippen LogP contribution in [0.1, 0.15) is 38.7 Å². The first-order valence-corrected chi connectivity index (χ1v) is 6.96. The Bertz CT molecular complexity index is 527. The van der Waals surface area contributed by atoms with Crippen molar-refractivity contribution in [3.05, 3.63) is 33.9 Å². The van der Waals surface area contributed by atoms with E-state index < -0.39 is 4.92 Å². The van der Waals surface area contributed by atoms with E-state index >= 15 is 0 Å². The number of nitrogens with two attached hydrogens (primary N) is 1. The standard InChI is InChI=1S/C15H23N3O3/c1-11-10-12(6-7-13(11)18(19)20)21-9-5-4-8-15(2,3)14(16)17/h6-7,10H,4-5,8-9H2,1-3H3,(H3,16,17). The van der Waals surface area contributed by atoms with Gasteiger partial charge in [0.15, 0.2) is 0 Å². The van der Waals surface area contributed by atoms with Gasteiger partial charge in [0.2, 0.25) is 0 Å². The van der Waals surface area contributed by atoms with Gasteiger partial charge in [-0.1, -0.05) is 13.8 Å². The third-order valence-electron chi connectivity index (χ3n) is 3.56. The average Bonchev–Trinajstić information content (AvgIpc) is 2.37. The maximum absolute atomic E-state index is 10.7. The molecule has 116 valence electrons. The topological polar surface area (TPSA) is 102 Å². The van der Waals surface area contributed by atoms with Crippen molar-refractivity contribution < 1.29 is 9.66 Å². The van der Waals surface area contributed by atoms with E-state index in [1.807, 2.05) is 13.8 Å². The Morgan fingerprint density at radius 1 is 1.43 bits per heavy atom. The van der Waals surface area contributed by atoms with E-state index in [1.165, 1.54) is 6.07 Å². The zero-order valence-electron chi connectivity index (χ0n) is 12.8. The molecule has 0 aliphatic carbocycles. The summed E-state index contributed by atoms with van der Waals surface area (Å²) < 4.78 is 5.59. The predicted molar refractivity (Wildman–Crippen MR) is 82.9 cm³/mol. The molecule has 0 radical (unpaired) electrons. The summed E-state index contributed by atoms with van der Waals surface area (Å²) in [5.41, 5.74) is 5.95. The van der Waals surface area contributed by atoms with Crippen molar-refractivity contribution in [2.75, 3.05) is 6.61 Å². The van der Waals surface area contributed by atoms with Gasteiger partial charge in [-0.05, 0) is 38.3 Å². The van der Waals surface area contributed by atoms with Crippen molar-refractivity contribution in [3.8, 4) is 5.75 Å². The van der Waals surface area contributed by atoms with Gasteiger partial charge in [0.05, 0.1) is 17.4 Å². The Hall–Kier alpha value is -2.11. The second kappa shape index (κ2) is 7.06. The molecule has 6 nitrogen and oxygen atoms in total. The molecule has 0 bridgehead atoms. The van der Waals surface area contributed by atoms with E-state index in [9.17, 15) is 10.1 Å². The van der Waals surface area contributed by atoms with Crippen molar-refractivity contribution >= 4 is 11.5 Å². The highest BCUT2D eigenvalue weighted by molar-refractivity contribution is 5.82. The van der Waals surface area contributed by atoms with E-state index in [1.54, 1.807) is 19.1 Å². The number of nitro benzene ring substituents is 1. The molecule has 1 aromatic rings. The minimum Gasteiger partial charge on any atom is -0.494 e. The highest BCUT2D eigenvalue weighted by Gasteiger charge is 2.20. The molecule has 0 amide bonds. The summed E-state index contributed by atoms with van der Waals surface area (Å²) >= 11 is 0. The van der Waals surface area contributed by atoms with Crippen LogP contribution in [0.15, 0.2) is 18.2 Å². The summed E-state index contributed by atoms with van der Waals surface area (Å²) in [7, 11) is 0. The fourth-order valence-electron chi connectivity index (χ4n) is 1.92. The van der Waals surface area contributed by atoms with Crippen molar-refractivity contribution in [2.45, 2.75) is 40.0 Å². The second-order valence-electron chi connectivity index (χ2n) is 5.81. The summed E-state index contributed by atoms with van der Waals surface area (Å²) in [6, 6.07) is 4.76. The number of ether oxygens (including phenoxy) is 1. The van der Waals surface area contributed by atoms with Crippen molar-refractivity contribution in [2.24, 2.45) is 11.1 Å². The molecular formula is C15H23N3O3. The molecular weight excluding hydrogens is 270 g/mol. The number of nitrogens with zero attached hydrogens (tertiary/aromatic N) is 1. The zero-order valence-corrected chi connectivity index (χ0v) is 12.8. The highest BCUT2D eigenvalue weighted by Crippen LogP contribution is 2.24. The number of unbranched alkanes of at least 4 members (excludes halogenated alkanes) is 1.